The van der Waals surface area contributed by atoms with Gasteiger partial charge in [-0.25, -0.2) is 0 Å². The molecular weight excluding hydrogens is 216 g/mol. The van der Waals surface area contributed by atoms with E-state index in [4.69, 9.17) is 0 Å². The summed E-state index contributed by atoms with van der Waals surface area (Å²) in [6.07, 6.45) is 7.24. The van der Waals surface area contributed by atoms with Gasteiger partial charge in [-0.05, 0) is 48.2 Å². The first-order valence-corrected chi connectivity index (χ1v) is 5.89. The van der Waals surface area contributed by atoms with Crippen LogP contribution >= 0.6 is 0 Å². The first kappa shape index (κ1) is 10.2. The number of hydrogen-bond acceptors (Lipinski definition) is 5. The lowest BCUT2D eigenvalue weighted by Gasteiger charge is -2.05. The van der Waals surface area contributed by atoms with Gasteiger partial charge in [-0.15, -0.1) is 14.8 Å². The number of rotatable bonds is 4. The molecule has 0 saturated heterocycles. The second-order valence-corrected chi connectivity index (χ2v) is 4.18. The predicted molar refractivity (Wildman–Crippen MR) is 63.6 cm³/mol. The molecule has 2 heterocycles. The van der Waals surface area contributed by atoms with Crippen LogP contribution in [0.25, 0.3) is 5.65 Å². The van der Waals surface area contributed by atoms with E-state index in [1.54, 1.807) is 5.57 Å². The lowest BCUT2D eigenvalue weighted by molar-refractivity contribution is 0.733. The predicted octanol–water partition coefficient (Wildman–Crippen LogP) is 1.43. The van der Waals surface area contributed by atoms with Crippen LogP contribution in [0, 0.1) is 0 Å². The van der Waals surface area contributed by atoms with Crippen molar-refractivity contribution in [3.63, 3.8) is 0 Å². The highest BCUT2D eigenvalue weighted by Crippen LogP contribution is 2.20. The molecule has 17 heavy (non-hydrogen) atoms. The lowest BCUT2D eigenvalue weighted by Crippen LogP contribution is -2.06. The summed E-state index contributed by atoms with van der Waals surface area (Å²) in [7, 11) is 0. The fraction of sp³-hybridized carbons (Fsp3) is 0.455. The Labute approximate surface area is 98.7 Å². The van der Waals surface area contributed by atoms with Crippen LogP contribution in [-0.2, 0) is 0 Å². The zero-order valence-corrected chi connectivity index (χ0v) is 9.50. The molecule has 0 bridgehead atoms. The molecule has 0 aliphatic heterocycles. The van der Waals surface area contributed by atoms with Crippen molar-refractivity contribution < 1.29 is 0 Å². The summed E-state index contributed by atoms with van der Waals surface area (Å²) < 4.78 is 1.43. The standard InChI is InChI=1S/C11H14N6/c1-2-4-9(3-1)7-8-12-10-5-6-11-13-15-16-17(11)14-10/h3,5-6H,1-2,4,7-8H2,(H,12,14). The Kier molecular flexibility index (Phi) is 2.69. The normalized spacial score (nSPS) is 15.2. The number of fused-ring (bicyclic) bond motifs is 1. The van der Waals surface area contributed by atoms with E-state index in [1.807, 2.05) is 12.1 Å². The minimum absolute atomic E-state index is 0.661. The molecule has 0 unspecified atom stereocenters. The number of aromatic nitrogens is 5. The Bertz CT molecular complexity index is 544. The maximum absolute atomic E-state index is 4.25. The van der Waals surface area contributed by atoms with Gasteiger partial charge < -0.3 is 5.32 Å². The highest BCUT2D eigenvalue weighted by Gasteiger charge is 2.04. The Balaban J connectivity index is 1.60. The topological polar surface area (TPSA) is 68.0 Å². The largest absolute Gasteiger partial charge is 0.368 e. The SMILES string of the molecule is C1=C(CCNc2ccc3nnnn3n2)CCC1. The summed E-state index contributed by atoms with van der Waals surface area (Å²) in [5.74, 6) is 0.809. The van der Waals surface area contributed by atoms with E-state index in [-0.39, 0.29) is 0 Å². The van der Waals surface area contributed by atoms with Gasteiger partial charge in [0.25, 0.3) is 0 Å². The van der Waals surface area contributed by atoms with Crippen molar-refractivity contribution in [1.82, 2.24) is 25.3 Å². The van der Waals surface area contributed by atoms with Gasteiger partial charge in [0, 0.05) is 6.54 Å². The van der Waals surface area contributed by atoms with Crippen LogP contribution in [0.4, 0.5) is 5.82 Å². The molecule has 0 atom stereocenters. The quantitative estimate of drug-likeness (QED) is 0.805. The van der Waals surface area contributed by atoms with Crippen molar-refractivity contribution in [2.24, 2.45) is 0 Å². The minimum atomic E-state index is 0.661. The summed E-state index contributed by atoms with van der Waals surface area (Å²) in [5.41, 5.74) is 2.22. The number of anilines is 1. The first-order chi connectivity index (χ1) is 8.42. The third-order valence-corrected chi connectivity index (χ3v) is 2.96. The summed E-state index contributed by atoms with van der Waals surface area (Å²) >= 11 is 0. The average molecular weight is 230 g/mol. The molecule has 2 aromatic heterocycles. The molecule has 0 radical (unpaired) electrons. The molecule has 0 amide bonds. The number of hydrogen-bond donors (Lipinski definition) is 1. The van der Waals surface area contributed by atoms with Crippen LogP contribution in [0.1, 0.15) is 25.7 Å². The average Bonchev–Trinajstić information content (AvgIpc) is 2.98. The minimum Gasteiger partial charge on any atom is -0.368 e. The fourth-order valence-corrected chi connectivity index (χ4v) is 2.06. The van der Waals surface area contributed by atoms with Gasteiger partial charge in [0.05, 0.1) is 0 Å². The maximum Gasteiger partial charge on any atom is 0.200 e. The number of nitrogens with one attached hydrogen (secondary N) is 1. The van der Waals surface area contributed by atoms with Crippen molar-refractivity contribution in [2.75, 3.05) is 11.9 Å². The Morgan fingerprint density at radius 3 is 3.24 bits per heavy atom. The zero-order valence-electron chi connectivity index (χ0n) is 9.50. The Hall–Kier alpha value is -1.98. The van der Waals surface area contributed by atoms with Gasteiger partial charge in [-0.2, -0.15) is 0 Å². The van der Waals surface area contributed by atoms with Crippen LogP contribution in [0.2, 0.25) is 0 Å². The Morgan fingerprint density at radius 1 is 1.35 bits per heavy atom. The molecule has 1 aliphatic carbocycles. The lowest BCUT2D eigenvalue weighted by atomic mass is 10.2. The monoisotopic (exact) mass is 230 g/mol. The molecule has 0 aromatic carbocycles. The second-order valence-electron chi connectivity index (χ2n) is 4.18. The van der Waals surface area contributed by atoms with Gasteiger partial charge >= 0.3 is 0 Å². The van der Waals surface area contributed by atoms with Gasteiger partial charge in [0.15, 0.2) is 5.65 Å². The van der Waals surface area contributed by atoms with E-state index in [0.717, 1.165) is 18.8 Å². The van der Waals surface area contributed by atoms with Crippen molar-refractivity contribution >= 4 is 11.5 Å². The molecule has 0 saturated carbocycles. The van der Waals surface area contributed by atoms with Crippen molar-refractivity contribution in [3.8, 4) is 0 Å². The third-order valence-electron chi connectivity index (χ3n) is 2.96. The molecule has 0 fully saturated rings. The molecule has 6 heteroatoms. The summed E-state index contributed by atoms with van der Waals surface area (Å²) in [4.78, 5) is 0. The zero-order chi connectivity index (χ0) is 11.5. The van der Waals surface area contributed by atoms with Gasteiger partial charge in [-0.1, -0.05) is 11.6 Å². The number of tetrazole rings is 1. The molecule has 6 nitrogen and oxygen atoms in total. The van der Waals surface area contributed by atoms with E-state index in [1.165, 1.54) is 23.9 Å². The molecular formula is C11H14N6. The van der Waals surface area contributed by atoms with Crippen molar-refractivity contribution in [2.45, 2.75) is 25.7 Å². The van der Waals surface area contributed by atoms with Crippen molar-refractivity contribution in [1.29, 1.82) is 0 Å². The van der Waals surface area contributed by atoms with Crippen molar-refractivity contribution in [3.05, 3.63) is 23.8 Å². The van der Waals surface area contributed by atoms with Crippen LogP contribution in [0.3, 0.4) is 0 Å². The van der Waals surface area contributed by atoms with Crippen LogP contribution < -0.4 is 5.32 Å². The molecule has 88 valence electrons. The Morgan fingerprint density at radius 2 is 2.35 bits per heavy atom. The summed E-state index contributed by atoms with van der Waals surface area (Å²) in [6, 6.07) is 3.75. The van der Waals surface area contributed by atoms with E-state index in [9.17, 15) is 0 Å². The number of allylic oxidation sites excluding steroid dienone is 1. The first-order valence-electron chi connectivity index (χ1n) is 5.89. The second kappa shape index (κ2) is 4.48. The molecule has 2 aromatic rings. The number of nitrogens with zero attached hydrogens (tertiary/aromatic N) is 5. The molecule has 3 rings (SSSR count). The van der Waals surface area contributed by atoms with Crippen LogP contribution in [0.5, 0.6) is 0 Å². The molecule has 1 aliphatic rings. The van der Waals surface area contributed by atoms with Gasteiger partial charge in [0.1, 0.15) is 5.82 Å². The highest BCUT2D eigenvalue weighted by molar-refractivity contribution is 5.42. The summed E-state index contributed by atoms with van der Waals surface area (Å²) in [6.45, 7) is 0.909. The van der Waals surface area contributed by atoms with E-state index < -0.39 is 0 Å². The maximum atomic E-state index is 4.25. The molecule has 1 N–H and O–H groups in total. The fourth-order valence-electron chi connectivity index (χ4n) is 2.06. The van der Waals surface area contributed by atoms with E-state index >= 15 is 0 Å². The molecule has 0 spiro atoms. The van der Waals surface area contributed by atoms with E-state index in [2.05, 4.69) is 32.0 Å². The highest BCUT2D eigenvalue weighted by atomic mass is 15.6. The van der Waals surface area contributed by atoms with Crippen LogP contribution in [-0.4, -0.2) is 31.8 Å². The van der Waals surface area contributed by atoms with E-state index in [0.29, 0.717) is 5.65 Å². The smallest absolute Gasteiger partial charge is 0.200 e. The third kappa shape index (κ3) is 2.25. The van der Waals surface area contributed by atoms with Crippen LogP contribution in [0.15, 0.2) is 23.8 Å². The van der Waals surface area contributed by atoms with Gasteiger partial charge in [0.2, 0.25) is 0 Å². The summed E-state index contributed by atoms with van der Waals surface area (Å²) in [5, 5.41) is 18.6. The van der Waals surface area contributed by atoms with Gasteiger partial charge in [-0.3, -0.25) is 0 Å².